The first-order valence-corrected chi connectivity index (χ1v) is 11.2. The number of rotatable bonds is 7. The maximum absolute atomic E-state index is 6.08. The van der Waals surface area contributed by atoms with Crippen molar-refractivity contribution in [2.24, 2.45) is 5.41 Å². The molecule has 8 heteroatoms. The minimum Gasteiger partial charge on any atom is -0.339 e. The molecule has 5 rings (SSSR count). The summed E-state index contributed by atoms with van der Waals surface area (Å²) in [4.78, 5) is 11.6. The number of halogens is 1. The normalized spacial score (nSPS) is 20.7. The lowest BCUT2D eigenvalue weighted by molar-refractivity contribution is 0.144. The summed E-state index contributed by atoms with van der Waals surface area (Å²) in [6.07, 6.45) is 6.51. The number of hydrogen-bond donors (Lipinski definition) is 0. The molecule has 158 valence electrons. The van der Waals surface area contributed by atoms with E-state index in [1.54, 1.807) is 0 Å². The van der Waals surface area contributed by atoms with Crippen LogP contribution in [0.4, 0.5) is 0 Å². The number of piperidine rings is 1. The van der Waals surface area contributed by atoms with Crippen LogP contribution in [0.25, 0.3) is 11.4 Å². The van der Waals surface area contributed by atoms with Crippen LogP contribution in [0.3, 0.4) is 0 Å². The van der Waals surface area contributed by atoms with Crippen molar-refractivity contribution >= 4 is 11.6 Å². The lowest BCUT2D eigenvalue weighted by Gasteiger charge is -2.31. The molecule has 1 aliphatic carbocycles. The summed E-state index contributed by atoms with van der Waals surface area (Å²) in [6, 6.07) is 7.56. The van der Waals surface area contributed by atoms with E-state index < -0.39 is 0 Å². The molecule has 2 fully saturated rings. The standard InChI is InChI=1S/C22H26ClN5O2/c1-2-3-7-18-24-19(29-26-18)14-28-10-8-22(9-11-28)13-17(22)21-25-20(27-30-21)15-5-4-6-16(23)12-15/h4-6,12,17H,2-3,7-11,13-14H2,1H3/t17-/m0/s1. The van der Waals surface area contributed by atoms with Gasteiger partial charge in [0.05, 0.1) is 6.54 Å². The topological polar surface area (TPSA) is 81.1 Å². The molecule has 0 unspecified atom stereocenters. The minimum absolute atomic E-state index is 0.301. The van der Waals surface area contributed by atoms with Crippen LogP contribution >= 0.6 is 11.6 Å². The van der Waals surface area contributed by atoms with Gasteiger partial charge in [0.1, 0.15) is 0 Å². The van der Waals surface area contributed by atoms with Crippen molar-refractivity contribution in [1.82, 2.24) is 25.2 Å². The molecule has 1 saturated heterocycles. The van der Waals surface area contributed by atoms with E-state index >= 15 is 0 Å². The van der Waals surface area contributed by atoms with Crippen LogP contribution in [0.5, 0.6) is 0 Å². The number of aromatic nitrogens is 4. The van der Waals surface area contributed by atoms with Crippen molar-refractivity contribution in [3.8, 4) is 11.4 Å². The molecule has 2 aromatic heterocycles. The summed E-state index contributed by atoms with van der Waals surface area (Å²) in [6.45, 7) is 4.96. The molecular weight excluding hydrogens is 402 g/mol. The summed E-state index contributed by atoms with van der Waals surface area (Å²) in [5, 5.41) is 8.95. The van der Waals surface area contributed by atoms with Crippen molar-refractivity contribution in [3.63, 3.8) is 0 Å². The molecule has 2 aliphatic rings. The number of benzene rings is 1. The van der Waals surface area contributed by atoms with Gasteiger partial charge in [-0.25, -0.2) is 0 Å². The summed E-state index contributed by atoms with van der Waals surface area (Å²) >= 11 is 6.08. The maximum atomic E-state index is 6.08. The first-order valence-electron chi connectivity index (χ1n) is 10.8. The molecule has 0 N–H and O–H groups in total. The van der Waals surface area contributed by atoms with Gasteiger partial charge in [-0.1, -0.05) is 47.4 Å². The number of likely N-dealkylation sites (tertiary alicyclic amines) is 1. The summed E-state index contributed by atoms with van der Waals surface area (Å²) in [5.74, 6) is 3.30. The molecule has 1 saturated carbocycles. The Morgan fingerprint density at radius 2 is 2.03 bits per heavy atom. The predicted molar refractivity (Wildman–Crippen MR) is 112 cm³/mol. The lowest BCUT2D eigenvalue weighted by Crippen LogP contribution is -2.34. The van der Waals surface area contributed by atoms with E-state index in [0.29, 0.717) is 22.2 Å². The fourth-order valence-corrected chi connectivity index (χ4v) is 4.70. The Kier molecular flexibility index (Phi) is 5.33. The van der Waals surface area contributed by atoms with Crippen molar-refractivity contribution in [1.29, 1.82) is 0 Å². The molecule has 1 aromatic carbocycles. The molecule has 1 aliphatic heterocycles. The number of nitrogens with zero attached hydrogens (tertiary/aromatic N) is 5. The Balaban J connectivity index is 1.16. The van der Waals surface area contributed by atoms with Crippen molar-refractivity contribution in [2.75, 3.05) is 13.1 Å². The van der Waals surface area contributed by atoms with E-state index in [0.717, 1.165) is 81.3 Å². The van der Waals surface area contributed by atoms with E-state index in [1.807, 2.05) is 24.3 Å². The first-order chi connectivity index (χ1) is 14.6. The van der Waals surface area contributed by atoms with Crippen LogP contribution in [0, 0.1) is 5.41 Å². The molecule has 0 bridgehead atoms. The highest BCUT2D eigenvalue weighted by Gasteiger charge is 2.58. The van der Waals surface area contributed by atoms with Gasteiger partial charge in [-0.15, -0.1) is 0 Å². The molecule has 3 aromatic rings. The van der Waals surface area contributed by atoms with Gasteiger partial charge in [-0.3, -0.25) is 4.90 Å². The summed E-state index contributed by atoms with van der Waals surface area (Å²) in [5.41, 5.74) is 1.19. The third kappa shape index (κ3) is 4.01. The summed E-state index contributed by atoms with van der Waals surface area (Å²) in [7, 11) is 0. The van der Waals surface area contributed by atoms with E-state index in [4.69, 9.17) is 20.6 Å². The third-order valence-electron chi connectivity index (χ3n) is 6.49. The molecule has 7 nitrogen and oxygen atoms in total. The van der Waals surface area contributed by atoms with Gasteiger partial charge in [-0.2, -0.15) is 9.97 Å². The highest BCUT2D eigenvalue weighted by Crippen LogP contribution is 2.64. The molecule has 30 heavy (non-hydrogen) atoms. The molecule has 1 atom stereocenters. The Labute approximate surface area is 180 Å². The van der Waals surface area contributed by atoms with E-state index in [-0.39, 0.29) is 0 Å². The second-order valence-corrected chi connectivity index (χ2v) is 9.01. The Morgan fingerprint density at radius 1 is 1.17 bits per heavy atom. The van der Waals surface area contributed by atoms with Crippen LogP contribution < -0.4 is 0 Å². The monoisotopic (exact) mass is 427 g/mol. The Morgan fingerprint density at radius 3 is 2.83 bits per heavy atom. The number of aryl methyl sites for hydroxylation is 1. The minimum atomic E-state index is 0.301. The molecule has 1 spiro atoms. The second kappa shape index (κ2) is 8.12. The zero-order valence-corrected chi connectivity index (χ0v) is 17.9. The molecule has 0 amide bonds. The molecule has 0 radical (unpaired) electrons. The average molecular weight is 428 g/mol. The highest BCUT2D eigenvalue weighted by atomic mass is 35.5. The van der Waals surface area contributed by atoms with Crippen LogP contribution in [0.1, 0.15) is 62.6 Å². The smallest absolute Gasteiger partial charge is 0.240 e. The second-order valence-electron chi connectivity index (χ2n) is 8.57. The van der Waals surface area contributed by atoms with Gasteiger partial charge in [0, 0.05) is 22.9 Å². The van der Waals surface area contributed by atoms with Gasteiger partial charge in [0.25, 0.3) is 0 Å². The van der Waals surface area contributed by atoms with E-state index in [2.05, 4.69) is 32.1 Å². The zero-order chi connectivity index (χ0) is 20.6. The van der Waals surface area contributed by atoms with Gasteiger partial charge in [-0.05, 0) is 56.3 Å². The van der Waals surface area contributed by atoms with Crippen molar-refractivity contribution < 1.29 is 9.05 Å². The largest absolute Gasteiger partial charge is 0.339 e. The van der Waals surface area contributed by atoms with Gasteiger partial charge in [0.2, 0.25) is 17.6 Å². The van der Waals surface area contributed by atoms with Gasteiger partial charge >= 0.3 is 0 Å². The molecule has 3 heterocycles. The average Bonchev–Trinajstić information content (AvgIpc) is 3.11. The van der Waals surface area contributed by atoms with E-state index in [1.165, 1.54) is 0 Å². The number of unbranched alkanes of at least 4 members (excludes halogenated alkanes) is 1. The van der Waals surface area contributed by atoms with Crippen LogP contribution in [0.2, 0.25) is 5.02 Å². The van der Waals surface area contributed by atoms with Gasteiger partial charge < -0.3 is 9.05 Å². The Bertz CT molecular complexity index is 1010. The summed E-state index contributed by atoms with van der Waals surface area (Å²) < 4.78 is 11.0. The van der Waals surface area contributed by atoms with Crippen LogP contribution in [-0.2, 0) is 13.0 Å². The molecular formula is C22H26ClN5O2. The Hall–Kier alpha value is -2.25. The van der Waals surface area contributed by atoms with Crippen molar-refractivity contribution in [3.05, 3.63) is 46.9 Å². The quantitative estimate of drug-likeness (QED) is 0.531. The lowest BCUT2D eigenvalue weighted by atomic mass is 9.91. The first kappa shape index (κ1) is 19.7. The zero-order valence-electron chi connectivity index (χ0n) is 17.2. The fourth-order valence-electron chi connectivity index (χ4n) is 4.51. The maximum Gasteiger partial charge on any atom is 0.240 e. The third-order valence-corrected chi connectivity index (χ3v) is 6.72. The van der Waals surface area contributed by atoms with E-state index in [9.17, 15) is 0 Å². The van der Waals surface area contributed by atoms with Crippen LogP contribution in [0.15, 0.2) is 33.3 Å². The highest BCUT2D eigenvalue weighted by molar-refractivity contribution is 6.30. The predicted octanol–water partition coefficient (Wildman–Crippen LogP) is 4.89. The van der Waals surface area contributed by atoms with Crippen LogP contribution in [-0.4, -0.2) is 38.3 Å². The fraction of sp³-hybridized carbons (Fsp3) is 0.545. The van der Waals surface area contributed by atoms with Crippen molar-refractivity contribution in [2.45, 2.75) is 57.9 Å². The SMILES string of the molecule is CCCCc1noc(CN2CCC3(CC2)C[C@H]3c2nc(-c3cccc(Cl)c3)no2)n1. The van der Waals surface area contributed by atoms with Gasteiger partial charge in [0.15, 0.2) is 5.82 Å². The number of hydrogen-bond acceptors (Lipinski definition) is 7.